The van der Waals surface area contributed by atoms with Crippen LogP contribution in [0.15, 0.2) is 21.9 Å². The van der Waals surface area contributed by atoms with Gasteiger partial charge in [-0.3, -0.25) is 0 Å². The van der Waals surface area contributed by atoms with Crippen molar-refractivity contribution in [2.45, 2.75) is 15.7 Å². The average molecular weight is 282 g/mol. The number of alkyl halides is 1. The van der Waals surface area contributed by atoms with Gasteiger partial charge in [0.1, 0.15) is 0 Å². The van der Waals surface area contributed by atoms with E-state index in [1.54, 1.807) is 0 Å². The van der Waals surface area contributed by atoms with Gasteiger partial charge < -0.3 is 0 Å². The van der Waals surface area contributed by atoms with Crippen LogP contribution in [0, 0.1) is 11.3 Å². The Balaban J connectivity index is 3.55. The van der Waals surface area contributed by atoms with Gasteiger partial charge in [0.05, 0.1) is 16.5 Å². The quantitative estimate of drug-likeness (QED) is 0.515. The standard InChI is InChI=1S/C8H5Cl2NO2S2/c9-3-5-2-8(15(10,12)13)7(14)1-6(5)4-11/h1-2,14H,3H2. The fourth-order valence-corrected chi connectivity index (χ4v) is 2.93. The molecule has 0 fully saturated rings. The Hall–Kier alpha value is -0.410. The molecule has 0 aromatic heterocycles. The van der Waals surface area contributed by atoms with Crippen LogP contribution in [0.1, 0.15) is 11.1 Å². The van der Waals surface area contributed by atoms with Crippen molar-refractivity contribution in [3.8, 4) is 6.07 Å². The molecule has 0 spiro atoms. The highest BCUT2D eigenvalue weighted by atomic mass is 35.7. The second kappa shape index (κ2) is 4.62. The maximum absolute atomic E-state index is 11.1. The summed E-state index contributed by atoms with van der Waals surface area (Å²) < 4.78 is 22.2. The zero-order valence-electron chi connectivity index (χ0n) is 7.24. The van der Waals surface area contributed by atoms with E-state index in [1.807, 2.05) is 6.07 Å². The lowest BCUT2D eigenvalue weighted by molar-refractivity contribution is 0.607. The number of benzene rings is 1. The number of halogens is 2. The third kappa shape index (κ3) is 2.79. The molecule has 0 bridgehead atoms. The lowest BCUT2D eigenvalue weighted by atomic mass is 10.1. The highest BCUT2D eigenvalue weighted by molar-refractivity contribution is 8.14. The van der Waals surface area contributed by atoms with Gasteiger partial charge in [0.25, 0.3) is 9.05 Å². The Bertz CT molecular complexity index is 534. The molecule has 0 saturated carbocycles. The van der Waals surface area contributed by atoms with E-state index in [-0.39, 0.29) is 15.7 Å². The van der Waals surface area contributed by atoms with E-state index < -0.39 is 9.05 Å². The summed E-state index contributed by atoms with van der Waals surface area (Å²) in [4.78, 5) is -0.00225. The van der Waals surface area contributed by atoms with Crippen LogP contribution in [0.25, 0.3) is 0 Å². The van der Waals surface area contributed by atoms with Crippen LogP contribution in [-0.2, 0) is 14.9 Å². The predicted octanol–water partition coefficient (Wildman–Crippen LogP) is 2.51. The lowest BCUT2D eigenvalue weighted by Gasteiger charge is -2.05. The molecular formula is C8H5Cl2NO2S2. The minimum Gasteiger partial charge on any atom is -0.207 e. The Morgan fingerprint density at radius 1 is 1.47 bits per heavy atom. The number of nitrogens with zero attached hydrogens (tertiary/aromatic N) is 1. The topological polar surface area (TPSA) is 57.9 Å². The SMILES string of the molecule is N#Cc1cc(S)c(S(=O)(=O)Cl)cc1CCl. The van der Waals surface area contributed by atoms with Crippen molar-refractivity contribution in [2.75, 3.05) is 0 Å². The number of hydrogen-bond acceptors (Lipinski definition) is 4. The molecule has 0 N–H and O–H groups in total. The first kappa shape index (κ1) is 12.7. The number of rotatable bonds is 2. The van der Waals surface area contributed by atoms with Crippen molar-refractivity contribution in [1.29, 1.82) is 5.26 Å². The molecule has 0 aliphatic rings. The molecule has 0 atom stereocenters. The smallest absolute Gasteiger partial charge is 0.207 e. The predicted molar refractivity (Wildman–Crippen MR) is 61.0 cm³/mol. The molecule has 1 rings (SSSR count). The van der Waals surface area contributed by atoms with Gasteiger partial charge in [-0.05, 0) is 17.7 Å². The first-order valence-corrected chi connectivity index (χ1v) is 6.96. The van der Waals surface area contributed by atoms with Crippen LogP contribution in [0.2, 0.25) is 0 Å². The first-order chi connectivity index (χ1) is 6.90. The molecule has 0 heterocycles. The van der Waals surface area contributed by atoms with Crippen molar-refractivity contribution in [3.05, 3.63) is 23.3 Å². The molecule has 0 radical (unpaired) electrons. The molecule has 15 heavy (non-hydrogen) atoms. The molecule has 3 nitrogen and oxygen atoms in total. The lowest BCUT2D eigenvalue weighted by Crippen LogP contribution is -1.97. The highest BCUT2D eigenvalue weighted by Crippen LogP contribution is 2.27. The molecule has 0 saturated heterocycles. The van der Waals surface area contributed by atoms with Gasteiger partial charge >= 0.3 is 0 Å². The number of thiol groups is 1. The second-order valence-electron chi connectivity index (χ2n) is 2.66. The Morgan fingerprint density at radius 2 is 2.07 bits per heavy atom. The van der Waals surface area contributed by atoms with Crippen LogP contribution >= 0.6 is 34.9 Å². The monoisotopic (exact) mass is 281 g/mol. The highest BCUT2D eigenvalue weighted by Gasteiger charge is 2.16. The zero-order valence-corrected chi connectivity index (χ0v) is 10.5. The molecule has 1 aromatic rings. The summed E-state index contributed by atoms with van der Waals surface area (Å²) in [7, 11) is 1.32. The molecule has 7 heteroatoms. The van der Waals surface area contributed by atoms with E-state index in [0.717, 1.165) is 0 Å². The summed E-state index contributed by atoms with van der Waals surface area (Å²) in [5.74, 6) is 0.0381. The van der Waals surface area contributed by atoms with Gasteiger partial charge in [0.15, 0.2) is 0 Å². The van der Waals surface area contributed by atoms with Gasteiger partial charge in [0, 0.05) is 21.5 Å². The summed E-state index contributed by atoms with van der Waals surface area (Å²) in [6.45, 7) is 0. The zero-order chi connectivity index (χ0) is 11.6. The van der Waals surface area contributed by atoms with E-state index in [1.165, 1.54) is 12.1 Å². The van der Waals surface area contributed by atoms with Crippen LogP contribution in [0.3, 0.4) is 0 Å². The molecule has 0 unspecified atom stereocenters. The summed E-state index contributed by atoms with van der Waals surface area (Å²) in [5, 5.41) is 8.74. The summed E-state index contributed by atoms with van der Waals surface area (Å²) in [6, 6.07) is 4.48. The van der Waals surface area contributed by atoms with Crippen molar-refractivity contribution in [1.82, 2.24) is 0 Å². The fourth-order valence-electron chi connectivity index (χ4n) is 1.02. The molecule has 1 aromatic carbocycles. The number of hydrogen-bond donors (Lipinski definition) is 1. The molecule has 80 valence electrons. The molecule has 0 amide bonds. The second-order valence-corrected chi connectivity index (χ2v) is 5.94. The first-order valence-electron chi connectivity index (χ1n) is 3.66. The van der Waals surface area contributed by atoms with Gasteiger partial charge in [-0.2, -0.15) is 5.26 Å². The summed E-state index contributed by atoms with van der Waals surface area (Å²) in [5.41, 5.74) is 0.704. The van der Waals surface area contributed by atoms with Crippen LogP contribution in [-0.4, -0.2) is 8.42 Å². The maximum atomic E-state index is 11.1. The summed E-state index contributed by atoms with van der Waals surface area (Å²) >= 11 is 9.51. The van der Waals surface area contributed by atoms with E-state index in [4.69, 9.17) is 27.5 Å². The van der Waals surface area contributed by atoms with Crippen LogP contribution < -0.4 is 0 Å². The van der Waals surface area contributed by atoms with Gasteiger partial charge in [-0.25, -0.2) is 8.42 Å². The minimum absolute atomic E-state index is 0.0381. The third-order valence-electron chi connectivity index (χ3n) is 1.71. The Morgan fingerprint density at radius 3 is 2.47 bits per heavy atom. The summed E-state index contributed by atoms with van der Waals surface area (Å²) in [6.07, 6.45) is 0. The van der Waals surface area contributed by atoms with Crippen molar-refractivity contribution in [3.63, 3.8) is 0 Å². The minimum atomic E-state index is -3.86. The normalized spacial score (nSPS) is 11.1. The third-order valence-corrected chi connectivity index (χ3v) is 3.88. The van der Waals surface area contributed by atoms with Crippen LogP contribution in [0.4, 0.5) is 0 Å². The molecule has 0 aliphatic carbocycles. The van der Waals surface area contributed by atoms with Gasteiger partial charge in [0.2, 0.25) is 0 Å². The van der Waals surface area contributed by atoms with E-state index in [9.17, 15) is 8.42 Å². The Labute approximate surface area is 102 Å². The fraction of sp³-hybridized carbons (Fsp3) is 0.125. The van der Waals surface area contributed by atoms with Crippen molar-refractivity contribution in [2.24, 2.45) is 0 Å². The maximum Gasteiger partial charge on any atom is 0.262 e. The van der Waals surface area contributed by atoms with Crippen LogP contribution in [0.5, 0.6) is 0 Å². The number of nitriles is 1. The van der Waals surface area contributed by atoms with E-state index in [2.05, 4.69) is 12.6 Å². The van der Waals surface area contributed by atoms with Crippen molar-refractivity contribution < 1.29 is 8.42 Å². The molecular weight excluding hydrogens is 277 g/mol. The average Bonchev–Trinajstić information content (AvgIpc) is 2.15. The van der Waals surface area contributed by atoms with Gasteiger partial charge in [-0.1, -0.05) is 0 Å². The molecule has 0 aliphatic heterocycles. The van der Waals surface area contributed by atoms with Gasteiger partial charge in [-0.15, -0.1) is 24.2 Å². The Kier molecular flexibility index (Phi) is 3.90. The van der Waals surface area contributed by atoms with E-state index >= 15 is 0 Å². The largest absolute Gasteiger partial charge is 0.262 e. The van der Waals surface area contributed by atoms with E-state index in [0.29, 0.717) is 11.1 Å². The van der Waals surface area contributed by atoms with Crippen molar-refractivity contribution >= 4 is 44.0 Å².